The van der Waals surface area contributed by atoms with Crippen LogP contribution < -0.4 is 11.1 Å². The van der Waals surface area contributed by atoms with E-state index in [1.165, 1.54) is 11.3 Å². The topological polar surface area (TPSA) is 101 Å². The zero-order valence-corrected chi connectivity index (χ0v) is 15.3. The number of thiazole rings is 1. The number of nitriles is 1. The van der Waals surface area contributed by atoms with Crippen LogP contribution in [0.25, 0.3) is 11.3 Å². The average Bonchev–Trinajstić information content (AvgIpc) is 3.17. The van der Waals surface area contributed by atoms with Gasteiger partial charge >= 0.3 is 0 Å². The van der Waals surface area contributed by atoms with Crippen molar-refractivity contribution in [3.8, 4) is 17.3 Å². The average molecular weight is 378 g/mol. The van der Waals surface area contributed by atoms with Gasteiger partial charge in [-0.2, -0.15) is 5.26 Å². The van der Waals surface area contributed by atoms with E-state index < -0.39 is 6.04 Å². The van der Waals surface area contributed by atoms with Crippen LogP contribution in [0.1, 0.15) is 11.1 Å². The first-order valence-corrected chi connectivity index (χ1v) is 9.18. The number of anilines is 1. The van der Waals surface area contributed by atoms with E-state index in [1.807, 2.05) is 47.8 Å². The molecule has 3 N–H and O–H groups in total. The Morgan fingerprint density at radius 2 is 1.96 bits per heavy atom. The third-order valence-electron chi connectivity index (χ3n) is 3.79. The molecule has 0 aliphatic rings. The lowest BCUT2D eigenvalue weighted by Gasteiger charge is -2.11. The Hall–Kier alpha value is -3.05. The van der Waals surface area contributed by atoms with Crippen molar-refractivity contribution in [2.24, 2.45) is 5.73 Å². The van der Waals surface area contributed by atoms with Crippen LogP contribution in [0.15, 0.2) is 60.0 Å². The lowest BCUT2D eigenvalue weighted by Crippen LogP contribution is -2.39. The predicted molar refractivity (Wildman–Crippen MR) is 105 cm³/mol. The molecule has 6 nitrogen and oxygen atoms in total. The van der Waals surface area contributed by atoms with Gasteiger partial charge in [-0.25, -0.2) is 4.98 Å². The minimum absolute atomic E-state index is 0.0861. The number of benzene rings is 2. The quantitative estimate of drug-likeness (QED) is 0.658. The predicted octanol–water partition coefficient (Wildman–Crippen LogP) is 3.16. The van der Waals surface area contributed by atoms with Crippen LogP contribution in [-0.4, -0.2) is 23.5 Å². The lowest BCUT2D eigenvalue weighted by molar-refractivity contribution is -0.118. The zero-order valence-electron chi connectivity index (χ0n) is 14.5. The fraction of sp³-hybridized carbons (Fsp3) is 0.150. The highest BCUT2D eigenvalue weighted by molar-refractivity contribution is 7.14. The summed E-state index contributed by atoms with van der Waals surface area (Å²) < 4.78 is 5.50. The van der Waals surface area contributed by atoms with E-state index in [-0.39, 0.29) is 12.5 Å². The normalized spacial score (nSPS) is 11.6. The molecule has 1 amide bonds. The minimum atomic E-state index is -0.799. The van der Waals surface area contributed by atoms with Gasteiger partial charge in [0.1, 0.15) is 6.04 Å². The third kappa shape index (κ3) is 5.21. The minimum Gasteiger partial charge on any atom is -0.375 e. The second-order valence-electron chi connectivity index (χ2n) is 5.82. The fourth-order valence-electron chi connectivity index (χ4n) is 2.33. The number of hydrogen-bond donors (Lipinski definition) is 2. The third-order valence-corrected chi connectivity index (χ3v) is 4.55. The van der Waals surface area contributed by atoms with Gasteiger partial charge in [-0.15, -0.1) is 11.3 Å². The van der Waals surface area contributed by atoms with Gasteiger partial charge in [0.05, 0.1) is 30.5 Å². The van der Waals surface area contributed by atoms with Gasteiger partial charge < -0.3 is 15.8 Å². The number of ether oxygens (including phenoxy) is 1. The van der Waals surface area contributed by atoms with Gasteiger partial charge in [0.15, 0.2) is 5.13 Å². The Balaban J connectivity index is 1.47. The summed E-state index contributed by atoms with van der Waals surface area (Å²) in [5, 5.41) is 13.9. The van der Waals surface area contributed by atoms with E-state index in [9.17, 15) is 4.79 Å². The molecule has 0 aliphatic carbocycles. The molecule has 0 saturated carbocycles. The van der Waals surface area contributed by atoms with E-state index >= 15 is 0 Å². The van der Waals surface area contributed by atoms with Crippen molar-refractivity contribution in [3.05, 3.63) is 71.1 Å². The van der Waals surface area contributed by atoms with Crippen molar-refractivity contribution in [1.82, 2.24) is 4.98 Å². The number of carbonyl (C=O) groups excluding carboxylic acids is 1. The molecule has 0 radical (unpaired) electrons. The van der Waals surface area contributed by atoms with Crippen molar-refractivity contribution in [2.45, 2.75) is 12.6 Å². The summed E-state index contributed by atoms with van der Waals surface area (Å²) >= 11 is 1.35. The number of nitrogens with zero attached hydrogens (tertiary/aromatic N) is 2. The van der Waals surface area contributed by atoms with Crippen LogP contribution in [0.4, 0.5) is 5.13 Å². The Morgan fingerprint density at radius 3 is 2.67 bits per heavy atom. The molecule has 1 heterocycles. The maximum absolute atomic E-state index is 12.2. The number of nitrogens with two attached hydrogens (primary N) is 1. The summed E-state index contributed by atoms with van der Waals surface area (Å²) in [5.41, 5.74) is 9.19. The summed E-state index contributed by atoms with van der Waals surface area (Å²) in [6.45, 7) is 0.408. The second kappa shape index (κ2) is 9.05. The molecule has 0 saturated heterocycles. The standard InChI is InChI=1S/C20H18N4O2S/c21-10-14-6-8-15(9-7-14)11-26-12-17(22)19(25)24-20-23-18(13-27-20)16-4-2-1-3-5-16/h1-9,13,17H,11-12,22H2,(H,23,24,25)/t17-/m0/s1. The highest BCUT2D eigenvalue weighted by atomic mass is 32.1. The summed E-state index contributed by atoms with van der Waals surface area (Å²) in [6, 6.07) is 18.1. The molecule has 0 fully saturated rings. The Labute approximate surface area is 161 Å². The summed E-state index contributed by atoms with van der Waals surface area (Å²) in [4.78, 5) is 16.6. The summed E-state index contributed by atoms with van der Waals surface area (Å²) in [7, 11) is 0. The monoisotopic (exact) mass is 378 g/mol. The molecular weight excluding hydrogens is 360 g/mol. The first kappa shape index (κ1) is 18.7. The highest BCUT2D eigenvalue weighted by Crippen LogP contribution is 2.24. The van der Waals surface area contributed by atoms with Crippen LogP contribution in [0.3, 0.4) is 0 Å². The molecule has 0 unspecified atom stereocenters. The maximum atomic E-state index is 12.2. The number of nitrogens with one attached hydrogen (secondary N) is 1. The van der Waals surface area contributed by atoms with Crippen molar-refractivity contribution >= 4 is 22.4 Å². The first-order valence-electron chi connectivity index (χ1n) is 8.30. The highest BCUT2D eigenvalue weighted by Gasteiger charge is 2.16. The molecule has 0 bridgehead atoms. The van der Waals surface area contributed by atoms with E-state index in [0.29, 0.717) is 17.3 Å². The molecule has 0 spiro atoms. The fourth-order valence-corrected chi connectivity index (χ4v) is 3.05. The number of carbonyl (C=O) groups is 1. The van der Waals surface area contributed by atoms with Crippen LogP contribution >= 0.6 is 11.3 Å². The molecule has 1 aromatic heterocycles. The number of hydrogen-bond acceptors (Lipinski definition) is 6. The Bertz CT molecular complexity index is 933. The second-order valence-corrected chi connectivity index (χ2v) is 6.68. The zero-order chi connectivity index (χ0) is 19.1. The van der Waals surface area contributed by atoms with Crippen molar-refractivity contribution < 1.29 is 9.53 Å². The number of aromatic nitrogens is 1. The number of amides is 1. The van der Waals surface area contributed by atoms with Gasteiger partial charge in [0.25, 0.3) is 0 Å². The molecule has 3 rings (SSSR count). The van der Waals surface area contributed by atoms with Crippen LogP contribution in [-0.2, 0) is 16.1 Å². The number of rotatable bonds is 7. The van der Waals surface area contributed by atoms with E-state index in [0.717, 1.165) is 16.8 Å². The molecule has 27 heavy (non-hydrogen) atoms. The van der Waals surface area contributed by atoms with Gasteiger partial charge in [-0.05, 0) is 17.7 Å². The van der Waals surface area contributed by atoms with Crippen molar-refractivity contribution in [3.63, 3.8) is 0 Å². The largest absolute Gasteiger partial charge is 0.375 e. The molecular formula is C20H18N4O2S. The Kier molecular flexibility index (Phi) is 6.28. The van der Waals surface area contributed by atoms with Gasteiger partial charge in [-0.3, -0.25) is 4.79 Å². The van der Waals surface area contributed by atoms with E-state index in [2.05, 4.69) is 16.4 Å². The van der Waals surface area contributed by atoms with E-state index in [1.54, 1.807) is 12.1 Å². The lowest BCUT2D eigenvalue weighted by atomic mass is 10.2. The molecule has 7 heteroatoms. The Morgan fingerprint density at radius 1 is 1.22 bits per heavy atom. The molecule has 136 valence electrons. The summed E-state index contributed by atoms with van der Waals surface area (Å²) in [5.74, 6) is -0.344. The van der Waals surface area contributed by atoms with Gasteiger partial charge in [0, 0.05) is 10.9 Å². The van der Waals surface area contributed by atoms with Crippen molar-refractivity contribution in [1.29, 1.82) is 5.26 Å². The molecule has 0 aliphatic heterocycles. The molecule has 1 atom stereocenters. The SMILES string of the molecule is N#Cc1ccc(COC[C@H](N)C(=O)Nc2nc(-c3ccccc3)cs2)cc1. The summed E-state index contributed by atoms with van der Waals surface area (Å²) in [6.07, 6.45) is 0. The van der Waals surface area contributed by atoms with Crippen LogP contribution in [0.2, 0.25) is 0 Å². The first-order chi connectivity index (χ1) is 13.2. The van der Waals surface area contributed by atoms with Crippen LogP contribution in [0, 0.1) is 11.3 Å². The van der Waals surface area contributed by atoms with Crippen LogP contribution in [0.5, 0.6) is 0 Å². The maximum Gasteiger partial charge on any atom is 0.245 e. The molecule has 3 aromatic rings. The van der Waals surface area contributed by atoms with Gasteiger partial charge in [0.2, 0.25) is 5.91 Å². The van der Waals surface area contributed by atoms with E-state index in [4.69, 9.17) is 15.7 Å². The van der Waals surface area contributed by atoms with Crippen molar-refractivity contribution in [2.75, 3.05) is 11.9 Å². The molecule has 2 aromatic carbocycles. The van der Waals surface area contributed by atoms with Gasteiger partial charge in [-0.1, -0.05) is 42.5 Å². The smallest absolute Gasteiger partial charge is 0.245 e.